The van der Waals surface area contributed by atoms with Gasteiger partial charge in [-0.1, -0.05) is 11.6 Å². The Balaban J connectivity index is 1.74. The van der Waals surface area contributed by atoms with Crippen molar-refractivity contribution in [2.75, 3.05) is 19.7 Å². The second-order valence-corrected chi connectivity index (χ2v) is 7.25. The van der Waals surface area contributed by atoms with E-state index >= 15 is 0 Å². The van der Waals surface area contributed by atoms with E-state index in [-0.39, 0.29) is 17.3 Å². The molecule has 0 bridgehead atoms. The Hall–Kier alpha value is -1.11. The van der Waals surface area contributed by atoms with Crippen LogP contribution in [0, 0.1) is 5.92 Å². The normalized spacial score (nSPS) is 18.3. The molecule has 128 valence electrons. The van der Waals surface area contributed by atoms with E-state index in [4.69, 9.17) is 32.7 Å². The van der Waals surface area contributed by atoms with Gasteiger partial charge in [0, 0.05) is 30.8 Å². The summed E-state index contributed by atoms with van der Waals surface area (Å²) in [5, 5.41) is 0.411. The van der Waals surface area contributed by atoms with Gasteiger partial charge in [-0.3, -0.25) is 0 Å². The van der Waals surface area contributed by atoms with Crippen LogP contribution < -0.4 is 0 Å². The molecule has 1 atom stereocenters. The highest BCUT2D eigenvalue weighted by Gasteiger charge is 2.29. The van der Waals surface area contributed by atoms with E-state index in [2.05, 4.69) is 9.97 Å². The molecule has 23 heavy (non-hydrogen) atoms. The average Bonchev–Trinajstić information content (AvgIpc) is 2.88. The van der Waals surface area contributed by atoms with Crippen LogP contribution in [-0.2, 0) is 16.1 Å². The summed E-state index contributed by atoms with van der Waals surface area (Å²) in [6.45, 7) is 7.77. The van der Waals surface area contributed by atoms with E-state index in [1.165, 1.54) is 0 Å². The third-order valence-electron chi connectivity index (χ3n) is 3.33. The second kappa shape index (κ2) is 7.64. The van der Waals surface area contributed by atoms with Crippen molar-refractivity contribution in [3.05, 3.63) is 22.2 Å². The van der Waals surface area contributed by atoms with Crippen molar-refractivity contribution >= 4 is 29.3 Å². The molecule has 1 amide bonds. The van der Waals surface area contributed by atoms with Crippen LogP contribution in [0.4, 0.5) is 4.79 Å². The summed E-state index contributed by atoms with van der Waals surface area (Å²) >= 11 is 11.6. The van der Waals surface area contributed by atoms with E-state index in [1.54, 1.807) is 11.1 Å². The maximum absolute atomic E-state index is 12.0. The fourth-order valence-corrected chi connectivity index (χ4v) is 2.62. The van der Waals surface area contributed by atoms with Crippen molar-refractivity contribution < 1.29 is 14.3 Å². The third kappa shape index (κ3) is 5.79. The standard InChI is InChI=1S/C15H21Cl2N3O3/c1-15(2,3)23-14(21)20-5-4-10(7-20)8-22-9-11-6-18-13(17)19-12(11)16/h6,10H,4-5,7-9H2,1-3H3/t10-/m1/s1. The van der Waals surface area contributed by atoms with Gasteiger partial charge in [-0.2, -0.15) is 0 Å². The molecule has 0 aromatic carbocycles. The van der Waals surface area contributed by atoms with E-state index in [9.17, 15) is 4.79 Å². The SMILES string of the molecule is CC(C)(C)OC(=O)N1CC[C@@H](COCc2cnc(Cl)nc2Cl)C1. The second-order valence-electron chi connectivity index (χ2n) is 6.55. The van der Waals surface area contributed by atoms with E-state index in [0.29, 0.717) is 37.0 Å². The highest BCUT2D eigenvalue weighted by molar-refractivity contribution is 6.32. The Kier molecular flexibility index (Phi) is 6.06. The molecule has 1 fully saturated rings. The predicted molar refractivity (Wildman–Crippen MR) is 87.6 cm³/mol. The molecule has 1 aliphatic heterocycles. The lowest BCUT2D eigenvalue weighted by atomic mass is 10.1. The molecule has 8 heteroatoms. The fraction of sp³-hybridized carbons (Fsp3) is 0.667. The van der Waals surface area contributed by atoms with Gasteiger partial charge in [-0.15, -0.1) is 0 Å². The van der Waals surface area contributed by atoms with Gasteiger partial charge in [0.25, 0.3) is 0 Å². The first-order chi connectivity index (χ1) is 10.7. The van der Waals surface area contributed by atoms with Crippen LogP contribution in [0.5, 0.6) is 0 Å². The van der Waals surface area contributed by atoms with E-state index in [0.717, 1.165) is 6.42 Å². The topological polar surface area (TPSA) is 64.5 Å². The molecule has 1 aromatic rings. The number of nitrogens with zero attached hydrogens (tertiary/aromatic N) is 3. The molecule has 0 saturated carbocycles. The smallest absolute Gasteiger partial charge is 0.410 e. The lowest BCUT2D eigenvalue weighted by molar-refractivity contribution is 0.0271. The lowest BCUT2D eigenvalue weighted by Crippen LogP contribution is -2.35. The summed E-state index contributed by atoms with van der Waals surface area (Å²) in [4.78, 5) is 21.5. The van der Waals surface area contributed by atoms with Gasteiger partial charge in [0.2, 0.25) is 5.28 Å². The van der Waals surface area contributed by atoms with Gasteiger partial charge >= 0.3 is 6.09 Å². The van der Waals surface area contributed by atoms with Crippen LogP contribution >= 0.6 is 23.2 Å². The average molecular weight is 362 g/mol. The summed E-state index contributed by atoms with van der Waals surface area (Å²) in [7, 11) is 0. The molecule has 1 saturated heterocycles. The van der Waals surface area contributed by atoms with Gasteiger partial charge in [0.15, 0.2) is 0 Å². The highest BCUT2D eigenvalue weighted by atomic mass is 35.5. The molecule has 0 unspecified atom stereocenters. The van der Waals surface area contributed by atoms with Gasteiger partial charge in [0.1, 0.15) is 10.8 Å². The Bertz CT molecular complexity index is 563. The number of likely N-dealkylation sites (tertiary alicyclic amines) is 1. The predicted octanol–water partition coefficient (Wildman–Crippen LogP) is 3.56. The van der Waals surface area contributed by atoms with Crippen molar-refractivity contribution in [3.63, 3.8) is 0 Å². The van der Waals surface area contributed by atoms with Crippen LogP contribution in [0.15, 0.2) is 6.20 Å². The third-order valence-corrected chi connectivity index (χ3v) is 3.84. The number of ether oxygens (including phenoxy) is 2. The Labute approximate surface area is 146 Å². The molecule has 2 rings (SSSR count). The number of aromatic nitrogens is 2. The molecule has 1 aromatic heterocycles. The van der Waals surface area contributed by atoms with Crippen LogP contribution in [0.2, 0.25) is 10.4 Å². The van der Waals surface area contributed by atoms with Crippen molar-refractivity contribution in [2.45, 2.75) is 39.4 Å². The Morgan fingerprint density at radius 2 is 2.17 bits per heavy atom. The number of carbonyl (C=O) groups is 1. The molecular weight excluding hydrogens is 341 g/mol. The van der Waals surface area contributed by atoms with Gasteiger partial charge in [0.05, 0.1) is 13.2 Å². The van der Waals surface area contributed by atoms with Gasteiger partial charge < -0.3 is 14.4 Å². The number of hydrogen-bond donors (Lipinski definition) is 0. The molecule has 0 radical (unpaired) electrons. The zero-order chi connectivity index (χ0) is 17.0. The zero-order valence-electron chi connectivity index (χ0n) is 13.5. The first kappa shape index (κ1) is 18.2. The Morgan fingerprint density at radius 1 is 1.43 bits per heavy atom. The first-order valence-corrected chi connectivity index (χ1v) is 8.23. The quantitative estimate of drug-likeness (QED) is 0.605. The van der Waals surface area contributed by atoms with Crippen molar-refractivity contribution in [1.29, 1.82) is 0 Å². The summed E-state index contributed by atoms with van der Waals surface area (Å²) < 4.78 is 11.0. The summed E-state index contributed by atoms with van der Waals surface area (Å²) in [5.74, 6) is 0.287. The monoisotopic (exact) mass is 361 g/mol. The van der Waals surface area contributed by atoms with Gasteiger partial charge in [-0.25, -0.2) is 14.8 Å². The minimum Gasteiger partial charge on any atom is -0.444 e. The molecular formula is C15H21Cl2N3O3. The first-order valence-electron chi connectivity index (χ1n) is 7.47. The van der Waals surface area contributed by atoms with Crippen molar-refractivity contribution in [3.8, 4) is 0 Å². The number of halogens is 2. The minimum absolute atomic E-state index is 0.113. The highest BCUT2D eigenvalue weighted by Crippen LogP contribution is 2.21. The van der Waals surface area contributed by atoms with Crippen LogP contribution in [0.25, 0.3) is 0 Å². The van der Waals surface area contributed by atoms with E-state index < -0.39 is 5.60 Å². The van der Waals surface area contributed by atoms with Crippen LogP contribution in [-0.4, -0.2) is 46.3 Å². The molecule has 0 spiro atoms. The zero-order valence-corrected chi connectivity index (χ0v) is 15.0. The van der Waals surface area contributed by atoms with Crippen molar-refractivity contribution in [1.82, 2.24) is 14.9 Å². The molecule has 6 nitrogen and oxygen atoms in total. The maximum atomic E-state index is 12.0. The fourth-order valence-electron chi connectivity index (χ4n) is 2.26. The summed E-state index contributed by atoms with van der Waals surface area (Å²) in [6.07, 6.45) is 2.18. The number of hydrogen-bond acceptors (Lipinski definition) is 5. The summed E-state index contributed by atoms with van der Waals surface area (Å²) in [5.41, 5.74) is 0.217. The largest absolute Gasteiger partial charge is 0.444 e. The number of amides is 1. The number of rotatable bonds is 4. The molecule has 0 aliphatic carbocycles. The van der Waals surface area contributed by atoms with Gasteiger partial charge in [-0.05, 0) is 38.8 Å². The minimum atomic E-state index is -0.475. The molecule has 2 heterocycles. The maximum Gasteiger partial charge on any atom is 0.410 e. The molecule has 1 aliphatic rings. The van der Waals surface area contributed by atoms with Crippen LogP contribution in [0.3, 0.4) is 0 Å². The summed E-state index contributed by atoms with van der Waals surface area (Å²) in [6, 6.07) is 0. The van der Waals surface area contributed by atoms with Crippen molar-refractivity contribution in [2.24, 2.45) is 5.92 Å². The Morgan fingerprint density at radius 3 is 2.83 bits per heavy atom. The lowest BCUT2D eigenvalue weighted by Gasteiger charge is -2.24. The van der Waals surface area contributed by atoms with E-state index in [1.807, 2.05) is 20.8 Å². The number of carbonyl (C=O) groups excluding carboxylic acids is 1. The molecule has 0 N–H and O–H groups in total. The van der Waals surface area contributed by atoms with Crippen LogP contribution in [0.1, 0.15) is 32.8 Å².